The van der Waals surface area contributed by atoms with Gasteiger partial charge in [-0.15, -0.1) is 0 Å². The molecule has 2 heterocycles. The van der Waals surface area contributed by atoms with E-state index in [1.54, 1.807) is 0 Å². The Hall–Kier alpha value is -7.03. The van der Waals surface area contributed by atoms with Gasteiger partial charge in [0.25, 0.3) is 0 Å². The lowest BCUT2D eigenvalue weighted by Gasteiger charge is -2.25. The van der Waals surface area contributed by atoms with E-state index < -0.39 is 0 Å². The van der Waals surface area contributed by atoms with Crippen LogP contribution in [0.25, 0.3) is 99.5 Å². The van der Waals surface area contributed by atoms with E-state index in [2.05, 4.69) is 118 Å². The molecule has 0 fully saturated rings. The summed E-state index contributed by atoms with van der Waals surface area (Å²) in [5.41, 5.74) is 14.4. The van der Waals surface area contributed by atoms with Crippen LogP contribution in [0, 0.1) is 0 Å². The van der Waals surface area contributed by atoms with E-state index in [0.29, 0.717) is 44.0 Å². The first-order valence-corrected chi connectivity index (χ1v) is 20.5. The fraction of sp³-hybridized carbons (Fsp3) is 0. The summed E-state index contributed by atoms with van der Waals surface area (Å²) in [5, 5.41) is 3.29. The maximum absolute atomic E-state index is 7.49. The van der Waals surface area contributed by atoms with Crippen molar-refractivity contribution >= 4 is 123 Å². The molecule has 274 valence electrons. The van der Waals surface area contributed by atoms with Gasteiger partial charge in [-0.25, -0.2) is 0 Å². The van der Waals surface area contributed by atoms with Crippen molar-refractivity contribution in [2.75, 3.05) is 0 Å². The van der Waals surface area contributed by atoms with Gasteiger partial charge in [-0.05, 0) is 87.0 Å². The molecule has 2 aromatic heterocycles. The minimum absolute atomic E-state index is 0.262. The van der Waals surface area contributed by atoms with E-state index in [-0.39, 0.29) is 10.9 Å². The van der Waals surface area contributed by atoms with E-state index in [1.165, 1.54) is 0 Å². The van der Waals surface area contributed by atoms with Gasteiger partial charge in [0, 0.05) is 44.0 Å². The quantitative estimate of drug-likeness (QED) is 0.157. The van der Waals surface area contributed by atoms with Crippen LogP contribution in [0.5, 0.6) is 0 Å². The number of aromatic nitrogens is 2. The van der Waals surface area contributed by atoms with Crippen LogP contribution < -0.4 is 32.8 Å². The Bertz CT molecular complexity index is 3580. The molecule has 8 heteroatoms. The van der Waals surface area contributed by atoms with Crippen LogP contribution >= 0.6 is 0 Å². The molecule has 0 aliphatic rings. The zero-order valence-electron chi connectivity index (χ0n) is 33.7. The van der Waals surface area contributed by atoms with Crippen LogP contribution in [-0.4, -0.2) is 56.2 Å². The molecular formula is C54H30B6N2. The Kier molecular flexibility index (Phi) is 9.09. The monoisotopic (exact) mass is 772 g/mol. The predicted octanol–water partition coefficient (Wildman–Crippen LogP) is 7.31. The van der Waals surface area contributed by atoms with Crippen LogP contribution in [0.15, 0.2) is 182 Å². The second kappa shape index (κ2) is 14.9. The zero-order chi connectivity index (χ0) is 42.2. The molecule has 0 aliphatic carbocycles. The Morgan fingerprint density at radius 1 is 0.274 bits per heavy atom. The molecule has 62 heavy (non-hydrogen) atoms. The highest BCUT2D eigenvalue weighted by atomic mass is 15.0. The molecule has 0 aliphatic heterocycles. The third-order valence-electron chi connectivity index (χ3n) is 12.3. The van der Waals surface area contributed by atoms with Gasteiger partial charge in [0.1, 0.15) is 47.1 Å². The van der Waals surface area contributed by atoms with Crippen molar-refractivity contribution in [1.29, 1.82) is 0 Å². The SMILES string of the molecule is [B]c1c(-c2c([B])c([B])c3c(c2[B])c2cc(-c4ccccc4)ccc2n3-c2cccc(-c3ccccc3)c2)c([B])c2c3ccccc3n(-c3cccc(-c4ccccc4)c3)c2c1[B]. The smallest absolute Gasteiger partial charge is 0.115 e. The van der Waals surface area contributed by atoms with Gasteiger partial charge in [-0.2, -0.15) is 0 Å². The van der Waals surface area contributed by atoms with E-state index in [1.807, 2.05) is 72.8 Å². The number of rotatable bonds is 6. The van der Waals surface area contributed by atoms with Crippen molar-refractivity contribution in [2.45, 2.75) is 0 Å². The molecule has 0 saturated carbocycles. The van der Waals surface area contributed by atoms with E-state index in [4.69, 9.17) is 47.1 Å². The van der Waals surface area contributed by atoms with Gasteiger partial charge >= 0.3 is 0 Å². The van der Waals surface area contributed by atoms with Gasteiger partial charge < -0.3 is 9.13 Å². The van der Waals surface area contributed by atoms with Crippen molar-refractivity contribution in [3.05, 3.63) is 182 Å². The average molecular weight is 772 g/mol. The average Bonchev–Trinajstić information content (AvgIpc) is 3.86. The molecule has 0 saturated heterocycles. The molecule has 2 nitrogen and oxygen atoms in total. The number of fused-ring (bicyclic) bond motifs is 6. The van der Waals surface area contributed by atoms with Crippen LogP contribution in [0.2, 0.25) is 0 Å². The standard InChI is InChI=1S/C54H30B6N2/c55-47-43-39-24-10-11-25-41(39)61(37-22-12-20-34(28-37)31-14-4-1-5-15-31)53(43)51(59)49(57)45(47)46-48(56)44-40-30-36(33-18-8-3-9-19-33)26-27-42(40)62(54(44)52(60)50(46)58)38-23-13-21-35(29-38)32-16-6-2-7-17-32/h1-30H. The highest BCUT2D eigenvalue weighted by Crippen LogP contribution is 2.37. The largest absolute Gasteiger partial charge is 0.310 e. The minimum atomic E-state index is 0.262. The van der Waals surface area contributed by atoms with Crippen molar-refractivity contribution < 1.29 is 0 Å². The molecule has 0 spiro atoms. The summed E-state index contributed by atoms with van der Waals surface area (Å²) in [6, 6.07) is 62.2. The molecule has 11 rings (SSSR count). The van der Waals surface area contributed by atoms with Crippen molar-refractivity contribution in [2.24, 2.45) is 0 Å². The maximum atomic E-state index is 7.49. The van der Waals surface area contributed by atoms with Gasteiger partial charge in [-0.3, -0.25) is 0 Å². The summed E-state index contributed by atoms with van der Waals surface area (Å²) in [4.78, 5) is 0. The fourth-order valence-electron chi connectivity index (χ4n) is 9.45. The second-order valence-corrected chi connectivity index (χ2v) is 15.8. The van der Waals surface area contributed by atoms with E-state index >= 15 is 0 Å². The van der Waals surface area contributed by atoms with Crippen molar-refractivity contribution in [1.82, 2.24) is 9.13 Å². The fourth-order valence-corrected chi connectivity index (χ4v) is 9.45. The van der Waals surface area contributed by atoms with Gasteiger partial charge in [0.2, 0.25) is 0 Å². The molecule has 0 bridgehead atoms. The highest BCUT2D eigenvalue weighted by molar-refractivity contribution is 6.65. The third kappa shape index (κ3) is 5.81. The molecular weight excluding hydrogens is 741 g/mol. The third-order valence-corrected chi connectivity index (χ3v) is 12.3. The lowest BCUT2D eigenvalue weighted by Crippen LogP contribution is -2.41. The minimum Gasteiger partial charge on any atom is -0.310 e. The molecule has 9 aromatic carbocycles. The molecule has 0 atom stereocenters. The normalized spacial score (nSPS) is 11.6. The zero-order valence-corrected chi connectivity index (χ0v) is 33.7. The molecule has 0 N–H and O–H groups in total. The summed E-state index contributed by atoms with van der Waals surface area (Å²) in [6.07, 6.45) is 0. The number of hydrogen-bond donors (Lipinski definition) is 0. The number of nitrogens with zero attached hydrogens (tertiary/aromatic N) is 2. The van der Waals surface area contributed by atoms with Crippen LogP contribution in [0.1, 0.15) is 0 Å². The molecule has 0 unspecified atom stereocenters. The number of para-hydroxylation sites is 1. The van der Waals surface area contributed by atoms with Gasteiger partial charge in [-0.1, -0.05) is 172 Å². The van der Waals surface area contributed by atoms with Gasteiger partial charge in [0.15, 0.2) is 0 Å². The Balaban J connectivity index is 1.21. The first-order valence-electron chi connectivity index (χ1n) is 20.5. The maximum Gasteiger partial charge on any atom is 0.115 e. The van der Waals surface area contributed by atoms with Crippen molar-refractivity contribution in [3.8, 4) is 55.9 Å². The first kappa shape index (κ1) is 37.9. The lowest BCUT2D eigenvalue weighted by molar-refractivity contribution is 1.19. The molecule has 0 amide bonds. The van der Waals surface area contributed by atoms with E-state index in [0.717, 1.165) is 77.3 Å². The summed E-state index contributed by atoms with van der Waals surface area (Å²) in [7, 11) is 43.9. The number of benzene rings is 9. The predicted molar refractivity (Wildman–Crippen MR) is 269 cm³/mol. The van der Waals surface area contributed by atoms with E-state index in [9.17, 15) is 0 Å². The van der Waals surface area contributed by atoms with Crippen LogP contribution in [0.3, 0.4) is 0 Å². The Morgan fingerprint density at radius 2 is 0.661 bits per heavy atom. The van der Waals surface area contributed by atoms with Gasteiger partial charge in [0.05, 0.1) is 11.0 Å². The summed E-state index contributed by atoms with van der Waals surface area (Å²) in [6.45, 7) is 0. The van der Waals surface area contributed by atoms with Crippen molar-refractivity contribution in [3.63, 3.8) is 0 Å². The highest BCUT2D eigenvalue weighted by Gasteiger charge is 2.26. The Labute approximate surface area is 368 Å². The lowest BCUT2D eigenvalue weighted by atomic mass is 9.63. The van der Waals surface area contributed by atoms with Crippen LogP contribution in [-0.2, 0) is 0 Å². The van der Waals surface area contributed by atoms with Crippen LogP contribution in [0.4, 0.5) is 0 Å². The second-order valence-electron chi connectivity index (χ2n) is 15.8. The first-order chi connectivity index (χ1) is 30.3. The summed E-state index contributed by atoms with van der Waals surface area (Å²) in [5.74, 6) is 0. The topological polar surface area (TPSA) is 9.86 Å². The number of hydrogen-bond acceptors (Lipinski definition) is 0. The molecule has 11 aromatic rings. The molecule has 12 radical (unpaired) electrons. The summed E-state index contributed by atoms with van der Waals surface area (Å²) >= 11 is 0. The Morgan fingerprint density at radius 3 is 1.15 bits per heavy atom. The summed E-state index contributed by atoms with van der Waals surface area (Å²) < 4.78 is 4.29.